The van der Waals surface area contributed by atoms with E-state index in [4.69, 9.17) is 0 Å². The van der Waals surface area contributed by atoms with Crippen LogP contribution in [0.4, 0.5) is 0 Å². The number of amides is 1. The minimum absolute atomic E-state index is 0.209. The van der Waals surface area contributed by atoms with Gasteiger partial charge in [0.05, 0.1) is 5.54 Å². The maximum Gasteiger partial charge on any atom is 0.240 e. The summed E-state index contributed by atoms with van der Waals surface area (Å²) in [7, 11) is 0. The SMILES string of the molecule is CC(NC(=O)C1(C)CCCCN1)C1CCCCC1. The van der Waals surface area contributed by atoms with E-state index in [1.807, 2.05) is 0 Å². The molecule has 0 spiro atoms. The summed E-state index contributed by atoms with van der Waals surface area (Å²) in [6, 6.07) is 0.332. The molecule has 1 aliphatic heterocycles. The van der Waals surface area contributed by atoms with Crippen LogP contribution >= 0.6 is 0 Å². The van der Waals surface area contributed by atoms with Crippen molar-refractivity contribution in [1.82, 2.24) is 10.6 Å². The molecule has 18 heavy (non-hydrogen) atoms. The van der Waals surface area contributed by atoms with Crippen LogP contribution in [0.2, 0.25) is 0 Å². The van der Waals surface area contributed by atoms with Crippen LogP contribution in [0.25, 0.3) is 0 Å². The normalized spacial score (nSPS) is 31.9. The third-order valence-corrected chi connectivity index (χ3v) is 4.84. The predicted octanol–water partition coefficient (Wildman–Crippen LogP) is 2.60. The molecular weight excluding hydrogens is 224 g/mol. The van der Waals surface area contributed by atoms with Crippen LogP contribution in [-0.2, 0) is 4.79 Å². The predicted molar refractivity (Wildman–Crippen MR) is 74.4 cm³/mol. The van der Waals surface area contributed by atoms with Gasteiger partial charge in [0.15, 0.2) is 0 Å². The smallest absolute Gasteiger partial charge is 0.240 e. The van der Waals surface area contributed by atoms with Crippen molar-refractivity contribution in [2.75, 3.05) is 6.54 Å². The zero-order chi connectivity index (χ0) is 13.0. The summed E-state index contributed by atoms with van der Waals surface area (Å²) < 4.78 is 0. The topological polar surface area (TPSA) is 41.1 Å². The van der Waals surface area contributed by atoms with E-state index < -0.39 is 0 Å². The van der Waals surface area contributed by atoms with Crippen molar-refractivity contribution in [1.29, 1.82) is 0 Å². The Balaban J connectivity index is 1.85. The lowest BCUT2D eigenvalue weighted by molar-refractivity contribution is -0.129. The number of carbonyl (C=O) groups excluding carboxylic acids is 1. The van der Waals surface area contributed by atoms with Crippen molar-refractivity contribution in [3.05, 3.63) is 0 Å². The van der Waals surface area contributed by atoms with Gasteiger partial charge in [-0.2, -0.15) is 0 Å². The molecule has 0 aromatic rings. The van der Waals surface area contributed by atoms with Gasteiger partial charge >= 0.3 is 0 Å². The lowest BCUT2D eigenvalue weighted by Crippen LogP contribution is -2.59. The van der Waals surface area contributed by atoms with Gasteiger partial charge in [-0.15, -0.1) is 0 Å². The summed E-state index contributed by atoms with van der Waals surface area (Å²) >= 11 is 0. The van der Waals surface area contributed by atoms with Gasteiger partial charge in [-0.05, 0) is 58.4 Å². The minimum Gasteiger partial charge on any atom is -0.352 e. The van der Waals surface area contributed by atoms with Crippen LogP contribution in [0.15, 0.2) is 0 Å². The van der Waals surface area contributed by atoms with Crippen LogP contribution in [-0.4, -0.2) is 24.0 Å². The summed E-state index contributed by atoms with van der Waals surface area (Å²) in [5.74, 6) is 0.898. The van der Waals surface area contributed by atoms with Gasteiger partial charge in [0, 0.05) is 6.04 Å². The highest BCUT2D eigenvalue weighted by Crippen LogP contribution is 2.27. The highest BCUT2D eigenvalue weighted by Gasteiger charge is 2.35. The molecule has 0 radical (unpaired) electrons. The molecule has 0 bridgehead atoms. The van der Waals surface area contributed by atoms with Gasteiger partial charge in [-0.25, -0.2) is 0 Å². The molecule has 3 heteroatoms. The number of nitrogens with one attached hydrogen (secondary N) is 2. The largest absolute Gasteiger partial charge is 0.352 e. The number of carbonyl (C=O) groups is 1. The van der Waals surface area contributed by atoms with Crippen molar-refractivity contribution in [3.8, 4) is 0 Å². The Morgan fingerprint density at radius 2 is 1.94 bits per heavy atom. The highest BCUT2D eigenvalue weighted by molar-refractivity contribution is 5.86. The molecule has 0 aromatic carbocycles. The summed E-state index contributed by atoms with van der Waals surface area (Å²) in [4.78, 5) is 12.4. The molecule has 2 atom stereocenters. The second-order valence-electron chi connectivity index (χ2n) is 6.38. The molecule has 2 N–H and O–H groups in total. The van der Waals surface area contributed by atoms with Crippen LogP contribution in [0, 0.1) is 5.92 Å². The molecule has 2 rings (SSSR count). The molecule has 2 fully saturated rings. The maximum absolute atomic E-state index is 12.4. The van der Waals surface area contributed by atoms with Crippen molar-refractivity contribution < 1.29 is 4.79 Å². The molecule has 104 valence electrons. The van der Waals surface area contributed by atoms with Crippen molar-refractivity contribution in [3.63, 3.8) is 0 Å². The summed E-state index contributed by atoms with van der Waals surface area (Å²) in [6.45, 7) is 5.21. The standard InChI is InChI=1S/C15H28N2O/c1-12(13-8-4-3-5-9-13)17-14(18)15(2)10-6-7-11-16-15/h12-13,16H,3-11H2,1-2H3,(H,17,18). The first-order chi connectivity index (χ1) is 8.62. The van der Waals surface area contributed by atoms with E-state index >= 15 is 0 Å². The average molecular weight is 252 g/mol. The first-order valence-electron chi connectivity index (χ1n) is 7.68. The lowest BCUT2D eigenvalue weighted by atomic mass is 9.83. The number of hydrogen-bond acceptors (Lipinski definition) is 2. The van der Waals surface area contributed by atoms with Crippen LogP contribution in [0.1, 0.15) is 65.2 Å². The van der Waals surface area contributed by atoms with Gasteiger partial charge in [-0.3, -0.25) is 4.79 Å². The fraction of sp³-hybridized carbons (Fsp3) is 0.933. The molecular formula is C15H28N2O. The Bertz CT molecular complexity index is 278. The quantitative estimate of drug-likeness (QED) is 0.810. The molecule has 2 unspecified atom stereocenters. The van der Waals surface area contributed by atoms with E-state index in [1.54, 1.807) is 0 Å². The second kappa shape index (κ2) is 6.05. The first kappa shape index (κ1) is 13.9. The summed E-state index contributed by atoms with van der Waals surface area (Å²) in [5, 5.41) is 6.65. The molecule has 0 aromatic heterocycles. The van der Waals surface area contributed by atoms with Crippen LogP contribution in [0.5, 0.6) is 0 Å². The van der Waals surface area contributed by atoms with Crippen molar-refractivity contribution in [2.45, 2.75) is 76.8 Å². The van der Waals surface area contributed by atoms with Gasteiger partial charge in [0.1, 0.15) is 0 Å². The fourth-order valence-corrected chi connectivity index (χ4v) is 3.37. The van der Waals surface area contributed by atoms with Crippen LogP contribution in [0.3, 0.4) is 0 Å². The van der Waals surface area contributed by atoms with Crippen LogP contribution < -0.4 is 10.6 Å². The average Bonchev–Trinajstić information content (AvgIpc) is 2.40. The minimum atomic E-state index is -0.332. The van der Waals surface area contributed by atoms with Gasteiger partial charge < -0.3 is 10.6 Å². The van der Waals surface area contributed by atoms with E-state index in [0.717, 1.165) is 19.4 Å². The molecule has 2 aliphatic rings. The van der Waals surface area contributed by atoms with E-state index in [9.17, 15) is 4.79 Å². The third kappa shape index (κ3) is 3.25. The van der Waals surface area contributed by atoms with Gasteiger partial charge in [0.2, 0.25) is 5.91 Å². The number of rotatable bonds is 3. The van der Waals surface area contributed by atoms with E-state index in [1.165, 1.54) is 38.5 Å². The Morgan fingerprint density at radius 1 is 1.22 bits per heavy atom. The molecule has 1 heterocycles. The van der Waals surface area contributed by atoms with E-state index in [0.29, 0.717) is 12.0 Å². The van der Waals surface area contributed by atoms with Crippen molar-refractivity contribution >= 4 is 5.91 Å². The highest BCUT2D eigenvalue weighted by atomic mass is 16.2. The maximum atomic E-state index is 12.4. The Hall–Kier alpha value is -0.570. The zero-order valence-electron chi connectivity index (χ0n) is 11.9. The number of piperidine rings is 1. The Morgan fingerprint density at radius 3 is 2.56 bits per heavy atom. The third-order valence-electron chi connectivity index (χ3n) is 4.84. The molecule has 1 saturated heterocycles. The van der Waals surface area contributed by atoms with E-state index in [2.05, 4.69) is 24.5 Å². The van der Waals surface area contributed by atoms with Crippen molar-refractivity contribution in [2.24, 2.45) is 5.92 Å². The van der Waals surface area contributed by atoms with E-state index in [-0.39, 0.29) is 11.4 Å². The molecule has 3 nitrogen and oxygen atoms in total. The lowest BCUT2D eigenvalue weighted by Gasteiger charge is -2.36. The first-order valence-corrected chi connectivity index (χ1v) is 7.68. The molecule has 1 amide bonds. The molecule has 1 aliphatic carbocycles. The second-order valence-corrected chi connectivity index (χ2v) is 6.38. The van der Waals surface area contributed by atoms with Gasteiger partial charge in [0.25, 0.3) is 0 Å². The summed E-state index contributed by atoms with van der Waals surface area (Å²) in [5.41, 5.74) is -0.332. The number of hydrogen-bond donors (Lipinski definition) is 2. The fourth-order valence-electron chi connectivity index (χ4n) is 3.37. The summed E-state index contributed by atoms with van der Waals surface area (Å²) in [6.07, 6.45) is 9.93. The van der Waals surface area contributed by atoms with Gasteiger partial charge in [-0.1, -0.05) is 19.3 Å². The monoisotopic (exact) mass is 252 g/mol. The zero-order valence-corrected chi connectivity index (χ0v) is 11.9. The Kier molecular flexibility index (Phi) is 4.66. The Labute approximate surface area is 111 Å². The molecule has 1 saturated carbocycles.